The number of benzene rings is 2. The van der Waals surface area contributed by atoms with Gasteiger partial charge in [0.1, 0.15) is 11.0 Å². The lowest BCUT2D eigenvalue weighted by Gasteiger charge is -2.25. The minimum Gasteiger partial charge on any atom is -0.267 e. The van der Waals surface area contributed by atoms with Crippen molar-refractivity contribution in [3.63, 3.8) is 0 Å². The highest BCUT2D eigenvalue weighted by molar-refractivity contribution is 5.77. The molecule has 0 aliphatic carbocycles. The SMILES string of the molecule is CC(C)(Cn1nnc2ccccc2c1=O)n1nnc2ccccc2c1=O. The summed E-state index contributed by atoms with van der Waals surface area (Å²) in [6.45, 7) is 3.75. The van der Waals surface area contributed by atoms with E-state index in [0.29, 0.717) is 21.8 Å². The number of hydrogen-bond acceptors (Lipinski definition) is 6. The second-order valence-corrected chi connectivity index (χ2v) is 6.71. The standard InChI is InChI=1S/C18H16N6O2/c1-18(2,24-17(26)13-8-4-6-10-15(13)20-22-24)11-23-16(25)12-7-3-5-9-14(12)19-21-23/h3-10H,11H2,1-2H3. The molecule has 4 rings (SSSR count). The Morgan fingerprint density at radius 2 is 1.35 bits per heavy atom. The first-order valence-corrected chi connectivity index (χ1v) is 8.15. The van der Waals surface area contributed by atoms with Crippen molar-refractivity contribution in [2.45, 2.75) is 25.9 Å². The van der Waals surface area contributed by atoms with Crippen LogP contribution in [0.2, 0.25) is 0 Å². The Hall–Kier alpha value is -3.42. The van der Waals surface area contributed by atoms with Gasteiger partial charge in [-0.2, -0.15) is 0 Å². The first-order valence-electron chi connectivity index (χ1n) is 8.15. The maximum absolute atomic E-state index is 12.8. The number of fused-ring (bicyclic) bond motifs is 2. The lowest BCUT2D eigenvalue weighted by molar-refractivity contribution is 0.236. The Kier molecular flexibility index (Phi) is 3.61. The highest BCUT2D eigenvalue weighted by Crippen LogP contribution is 2.15. The van der Waals surface area contributed by atoms with E-state index in [1.54, 1.807) is 62.4 Å². The predicted octanol–water partition coefficient (Wildman–Crippen LogP) is 1.33. The van der Waals surface area contributed by atoms with Crippen molar-refractivity contribution in [2.75, 3.05) is 0 Å². The molecule has 0 aliphatic rings. The Balaban J connectivity index is 1.81. The molecule has 0 radical (unpaired) electrons. The van der Waals surface area contributed by atoms with Gasteiger partial charge in [-0.1, -0.05) is 34.7 Å². The Morgan fingerprint density at radius 1 is 0.808 bits per heavy atom. The van der Waals surface area contributed by atoms with Crippen LogP contribution < -0.4 is 11.1 Å². The van der Waals surface area contributed by atoms with Gasteiger partial charge in [-0.05, 0) is 38.1 Å². The van der Waals surface area contributed by atoms with Crippen LogP contribution in [0.3, 0.4) is 0 Å². The van der Waals surface area contributed by atoms with Crippen molar-refractivity contribution in [1.82, 2.24) is 30.0 Å². The largest absolute Gasteiger partial charge is 0.278 e. The van der Waals surface area contributed by atoms with Gasteiger partial charge in [-0.25, -0.2) is 9.36 Å². The zero-order valence-electron chi connectivity index (χ0n) is 14.3. The monoisotopic (exact) mass is 348 g/mol. The summed E-state index contributed by atoms with van der Waals surface area (Å²) in [5, 5.41) is 17.2. The van der Waals surface area contributed by atoms with Gasteiger partial charge in [0.2, 0.25) is 0 Å². The number of hydrogen-bond donors (Lipinski definition) is 0. The van der Waals surface area contributed by atoms with Crippen LogP contribution in [0, 0.1) is 0 Å². The van der Waals surface area contributed by atoms with E-state index in [9.17, 15) is 9.59 Å². The molecule has 0 amide bonds. The van der Waals surface area contributed by atoms with Crippen LogP contribution in [0.15, 0.2) is 58.1 Å². The van der Waals surface area contributed by atoms with Crippen molar-refractivity contribution in [3.8, 4) is 0 Å². The lowest BCUT2D eigenvalue weighted by atomic mass is 10.1. The van der Waals surface area contributed by atoms with Crippen LogP contribution in [-0.2, 0) is 12.1 Å². The van der Waals surface area contributed by atoms with Crippen molar-refractivity contribution >= 4 is 21.8 Å². The third-order valence-electron chi connectivity index (χ3n) is 4.31. The third kappa shape index (κ3) is 2.55. The van der Waals surface area contributed by atoms with E-state index in [2.05, 4.69) is 20.6 Å². The van der Waals surface area contributed by atoms with Crippen molar-refractivity contribution in [3.05, 3.63) is 69.2 Å². The van der Waals surface area contributed by atoms with E-state index in [-0.39, 0.29) is 17.7 Å². The molecule has 0 spiro atoms. The van der Waals surface area contributed by atoms with E-state index < -0.39 is 5.54 Å². The van der Waals surface area contributed by atoms with Crippen molar-refractivity contribution < 1.29 is 0 Å². The average molecular weight is 348 g/mol. The summed E-state index contributed by atoms with van der Waals surface area (Å²) in [6, 6.07) is 14.0. The van der Waals surface area contributed by atoms with Crippen molar-refractivity contribution in [1.29, 1.82) is 0 Å². The van der Waals surface area contributed by atoms with Gasteiger partial charge in [0.25, 0.3) is 11.1 Å². The number of aromatic nitrogens is 6. The van der Waals surface area contributed by atoms with Gasteiger partial charge in [0, 0.05) is 0 Å². The van der Waals surface area contributed by atoms with E-state index in [4.69, 9.17) is 0 Å². The van der Waals surface area contributed by atoms with Crippen LogP contribution in [0.5, 0.6) is 0 Å². The minimum atomic E-state index is -0.824. The molecule has 0 saturated heterocycles. The van der Waals surface area contributed by atoms with Gasteiger partial charge in [-0.3, -0.25) is 9.59 Å². The molecule has 0 bridgehead atoms. The lowest BCUT2D eigenvalue weighted by Crippen LogP contribution is -2.44. The molecular weight excluding hydrogens is 332 g/mol. The molecular formula is C18H16N6O2. The fourth-order valence-corrected chi connectivity index (χ4v) is 2.95. The maximum Gasteiger partial charge on any atom is 0.278 e. The molecule has 2 aromatic heterocycles. The van der Waals surface area contributed by atoms with Gasteiger partial charge in [0.15, 0.2) is 0 Å². The molecule has 0 N–H and O–H groups in total. The van der Waals surface area contributed by atoms with Gasteiger partial charge >= 0.3 is 0 Å². The normalized spacial score (nSPS) is 11.9. The zero-order valence-corrected chi connectivity index (χ0v) is 14.3. The third-order valence-corrected chi connectivity index (χ3v) is 4.31. The maximum atomic E-state index is 12.8. The number of rotatable bonds is 3. The first-order chi connectivity index (χ1) is 12.5. The summed E-state index contributed by atoms with van der Waals surface area (Å²) in [6.07, 6.45) is 0. The zero-order chi connectivity index (χ0) is 18.3. The molecule has 8 heteroatoms. The smallest absolute Gasteiger partial charge is 0.267 e. The van der Waals surface area contributed by atoms with Crippen LogP contribution in [0.1, 0.15) is 13.8 Å². The first kappa shape index (κ1) is 16.1. The quantitative estimate of drug-likeness (QED) is 0.554. The Morgan fingerprint density at radius 3 is 2.00 bits per heavy atom. The summed E-state index contributed by atoms with van der Waals surface area (Å²) in [5.74, 6) is 0. The van der Waals surface area contributed by atoms with Gasteiger partial charge < -0.3 is 0 Å². The molecule has 130 valence electrons. The fourth-order valence-electron chi connectivity index (χ4n) is 2.95. The van der Waals surface area contributed by atoms with E-state index in [0.717, 1.165) is 0 Å². The van der Waals surface area contributed by atoms with Crippen LogP contribution in [0.25, 0.3) is 21.8 Å². The topological polar surface area (TPSA) is 95.6 Å². The highest BCUT2D eigenvalue weighted by atomic mass is 16.1. The molecule has 0 aliphatic heterocycles. The van der Waals surface area contributed by atoms with Crippen LogP contribution in [-0.4, -0.2) is 30.0 Å². The summed E-state index contributed by atoms with van der Waals surface area (Å²) < 4.78 is 2.55. The summed E-state index contributed by atoms with van der Waals surface area (Å²) in [5.41, 5.74) is -0.274. The summed E-state index contributed by atoms with van der Waals surface area (Å²) in [4.78, 5) is 25.5. The minimum absolute atomic E-state index is 0.136. The molecule has 26 heavy (non-hydrogen) atoms. The molecule has 2 heterocycles. The average Bonchev–Trinajstić information content (AvgIpc) is 2.64. The second-order valence-electron chi connectivity index (χ2n) is 6.71. The molecule has 8 nitrogen and oxygen atoms in total. The van der Waals surface area contributed by atoms with E-state index >= 15 is 0 Å². The fraction of sp³-hybridized carbons (Fsp3) is 0.222. The van der Waals surface area contributed by atoms with Crippen LogP contribution >= 0.6 is 0 Å². The van der Waals surface area contributed by atoms with Gasteiger partial charge in [-0.15, -0.1) is 10.2 Å². The molecule has 0 unspecified atom stereocenters. The second kappa shape index (κ2) is 5.83. The predicted molar refractivity (Wildman–Crippen MR) is 96.9 cm³/mol. The molecule has 0 fully saturated rings. The molecule has 4 aromatic rings. The Bertz CT molecular complexity index is 1240. The summed E-state index contributed by atoms with van der Waals surface area (Å²) >= 11 is 0. The molecule has 2 aromatic carbocycles. The van der Waals surface area contributed by atoms with E-state index in [1.807, 2.05) is 0 Å². The van der Waals surface area contributed by atoms with Crippen molar-refractivity contribution in [2.24, 2.45) is 0 Å². The van der Waals surface area contributed by atoms with Gasteiger partial charge in [0.05, 0.1) is 22.9 Å². The molecule has 0 atom stereocenters. The number of nitrogens with zero attached hydrogens (tertiary/aromatic N) is 6. The highest BCUT2D eigenvalue weighted by Gasteiger charge is 2.26. The molecule has 0 saturated carbocycles. The van der Waals surface area contributed by atoms with E-state index in [1.165, 1.54) is 9.36 Å². The summed E-state index contributed by atoms with van der Waals surface area (Å²) in [7, 11) is 0. The Labute approximate surface area is 147 Å². The van der Waals surface area contributed by atoms with Crippen LogP contribution in [0.4, 0.5) is 0 Å².